The number of halogens is 4. The highest BCUT2D eigenvalue weighted by atomic mass is 19.4. The van der Waals surface area contributed by atoms with Gasteiger partial charge in [-0.25, -0.2) is 9.18 Å². The van der Waals surface area contributed by atoms with Crippen molar-refractivity contribution < 1.29 is 22.4 Å². The molecule has 0 atom stereocenters. The summed E-state index contributed by atoms with van der Waals surface area (Å²) in [6.45, 7) is 3.78. The Morgan fingerprint density at radius 3 is 2.54 bits per heavy atom. The van der Waals surface area contributed by atoms with Gasteiger partial charge < -0.3 is 10.2 Å². The molecule has 1 fully saturated rings. The lowest BCUT2D eigenvalue weighted by molar-refractivity contribution is -0.137. The Balaban J connectivity index is 2.25. The molecule has 0 radical (unpaired) electrons. The first kappa shape index (κ1) is 18.3. The fourth-order valence-electron chi connectivity index (χ4n) is 3.00. The van der Waals surface area contributed by atoms with Crippen molar-refractivity contribution in [3.63, 3.8) is 0 Å². The third-order valence-corrected chi connectivity index (χ3v) is 4.15. The van der Waals surface area contributed by atoms with Crippen LogP contribution in [0.3, 0.4) is 0 Å². The lowest BCUT2D eigenvalue weighted by Crippen LogP contribution is -2.44. The highest BCUT2D eigenvalue weighted by Gasteiger charge is 2.36. The van der Waals surface area contributed by atoms with Crippen LogP contribution in [0.25, 0.3) is 0 Å². The third kappa shape index (κ3) is 4.27. The number of amides is 2. The van der Waals surface area contributed by atoms with Crippen LogP contribution in [-0.4, -0.2) is 23.5 Å². The van der Waals surface area contributed by atoms with Crippen molar-refractivity contribution in [3.05, 3.63) is 42.2 Å². The lowest BCUT2D eigenvalue weighted by atomic mass is 9.94. The third-order valence-electron chi connectivity index (χ3n) is 4.15. The van der Waals surface area contributed by atoms with E-state index in [2.05, 4.69) is 11.9 Å². The van der Waals surface area contributed by atoms with E-state index in [9.17, 15) is 22.4 Å². The molecule has 0 unspecified atom stereocenters. The van der Waals surface area contributed by atoms with E-state index < -0.39 is 29.3 Å². The van der Waals surface area contributed by atoms with E-state index in [0.29, 0.717) is 0 Å². The lowest BCUT2D eigenvalue weighted by Gasteiger charge is -2.34. The van der Waals surface area contributed by atoms with Crippen LogP contribution in [0.1, 0.15) is 37.7 Å². The summed E-state index contributed by atoms with van der Waals surface area (Å²) in [5.41, 5.74) is -2.03. The van der Waals surface area contributed by atoms with E-state index in [-0.39, 0.29) is 12.6 Å². The summed E-state index contributed by atoms with van der Waals surface area (Å²) in [6.07, 6.45) is 1.32. The van der Waals surface area contributed by atoms with Crippen molar-refractivity contribution >= 4 is 11.7 Å². The van der Waals surface area contributed by atoms with Crippen LogP contribution in [0.2, 0.25) is 0 Å². The number of anilines is 1. The van der Waals surface area contributed by atoms with Gasteiger partial charge in [0.1, 0.15) is 5.82 Å². The van der Waals surface area contributed by atoms with Gasteiger partial charge in [-0.1, -0.05) is 31.4 Å². The van der Waals surface area contributed by atoms with Gasteiger partial charge in [0.2, 0.25) is 0 Å². The number of hydrogen-bond donors (Lipinski definition) is 1. The molecule has 1 saturated carbocycles. The number of carbonyl (C=O) groups is 1. The Kier molecular flexibility index (Phi) is 5.85. The molecule has 0 spiro atoms. The SMILES string of the molecule is C=CCN(C(=O)Nc1c(F)cccc1C(F)(F)F)C1CCCCC1. The zero-order valence-corrected chi connectivity index (χ0v) is 13.2. The van der Waals surface area contributed by atoms with Gasteiger partial charge in [0, 0.05) is 12.6 Å². The number of rotatable bonds is 4. The molecular weight excluding hydrogens is 324 g/mol. The summed E-state index contributed by atoms with van der Waals surface area (Å²) < 4.78 is 53.0. The molecule has 0 saturated heterocycles. The van der Waals surface area contributed by atoms with E-state index >= 15 is 0 Å². The molecule has 24 heavy (non-hydrogen) atoms. The van der Waals surface area contributed by atoms with Gasteiger partial charge >= 0.3 is 12.2 Å². The van der Waals surface area contributed by atoms with Crippen molar-refractivity contribution in [2.45, 2.75) is 44.3 Å². The molecule has 1 aromatic carbocycles. The number of hydrogen-bond acceptors (Lipinski definition) is 1. The monoisotopic (exact) mass is 344 g/mol. The average Bonchev–Trinajstić information content (AvgIpc) is 2.54. The first-order valence-corrected chi connectivity index (χ1v) is 7.89. The molecule has 0 bridgehead atoms. The molecule has 7 heteroatoms. The second-order valence-electron chi connectivity index (χ2n) is 5.82. The summed E-state index contributed by atoms with van der Waals surface area (Å²) in [7, 11) is 0. The van der Waals surface area contributed by atoms with Gasteiger partial charge in [-0.15, -0.1) is 6.58 Å². The Hall–Kier alpha value is -2.05. The van der Waals surface area contributed by atoms with Gasteiger partial charge in [0.15, 0.2) is 0 Å². The van der Waals surface area contributed by atoms with Crippen LogP contribution < -0.4 is 5.32 Å². The van der Waals surface area contributed by atoms with Crippen molar-refractivity contribution in [1.82, 2.24) is 4.90 Å². The Morgan fingerprint density at radius 1 is 1.29 bits per heavy atom. The molecule has 0 heterocycles. The van der Waals surface area contributed by atoms with Gasteiger partial charge in [-0.05, 0) is 25.0 Å². The highest BCUT2D eigenvalue weighted by Crippen LogP contribution is 2.36. The highest BCUT2D eigenvalue weighted by molar-refractivity contribution is 5.90. The van der Waals surface area contributed by atoms with E-state index in [1.54, 1.807) is 0 Å². The first-order chi connectivity index (χ1) is 11.3. The summed E-state index contributed by atoms with van der Waals surface area (Å²) >= 11 is 0. The van der Waals surface area contributed by atoms with E-state index in [1.807, 2.05) is 0 Å². The van der Waals surface area contributed by atoms with Crippen molar-refractivity contribution in [1.29, 1.82) is 0 Å². The Morgan fingerprint density at radius 2 is 1.96 bits per heavy atom. The summed E-state index contributed by atoms with van der Waals surface area (Å²) in [5.74, 6) is -1.11. The molecule has 0 aromatic heterocycles. The van der Waals surface area contributed by atoms with Crippen molar-refractivity contribution in [3.8, 4) is 0 Å². The van der Waals surface area contributed by atoms with Crippen LogP contribution >= 0.6 is 0 Å². The second kappa shape index (κ2) is 7.68. The van der Waals surface area contributed by atoms with Crippen LogP contribution in [0.15, 0.2) is 30.9 Å². The number of carbonyl (C=O) groups excluding carboxylic acids is 1. The van der Waals surface area contributed by atoms with Gasteiger partial charge in [-0.3, -0.25) is 0 Å². The predicted octanol–water partition coefficient (Wildman–Crippen LogP) is 5.20. The maximum atomic E-state index is 13.9. The minimum atomic E-state index is -4.75. The smallest absolute Gasteiger partial charge is 0.318 e. The second-order valence-corrected chi connectivity index (χ2v) is 5.82. The van der Waals surface area contributed by atoms with Gasteiger partial charge in [0.25, 0.3) is 0 Å². The van der Waals surface area contributed by atoms with E-state index in [1.165, 1.54) is 11.0 Å². The number of nitrogens with zero attached hydrogens (tertiary/aromatic N) is 1. The largest absolute Gasteiger partial charge is 0.418 e. The molecule has 132 valence electrons. The van der Waals surface area contributed by atoms with Crippen LogP contribution in [0.4, 0.5) is 28.0 Å². The number of nitrogens with one attached hydrogen (secondary N) is 1. The van der Waals surface area contributed by atoms with E-state index in [0.717, 1.165) is 50.3 Å². The summed E-state index contributed by atoms with van der Waals surface area (Å²) in [5, 5.41) is 2.11. The normalized spacial score (nSPS) is 15.8. The fraction of sp³-hybridized carbons (Fsp3) is 0.471. The predicted molar refractivity (Wildman–Crippen MR) is 84.2 cm³/mol. The molecular formula is C17H20F4N2O. The molecule has 2 rings (SSSR count). The quantitative estimate of drug-likeness (QED) is 0.591. The van der Waals surface area contributed by atoms with Crippen LogP contribution in [-0.2, 0) is 6.18 Å². The van der Waals surface area contributed by atoms with Crippen LogP contribution in [0.5, 0.6) is 0 Å². The fourth-order valence-corrected chi connectivity index (χ4v) is 3.00. The zero-order chi connectivity index (χ0) is 17.7. The zero-order valence-electron chi connectivity index (χ0n) is 13.2. The first-order valence-electron chi connectivity index (χ1n) is 7.89. The summed E-state index contributed by atoms with van der Waals surface area (Å²) in [6, 6.07) is 1.80. The standard InChI is InChI=1S/C17H20F4N2O/c1-2-11-23(12-7-4-3-5-8-12)16(24)22-15-13(17(19,20)21)9-6-10-14(15)18/h2,6,9-10,12H,1,3-5,7-8,11H2,(H,22,24). The topological polar surface area (TPSA) is 32.3 Å². The number of urea groups is 1. The average molecular weight is 344 g/mol. The molecule has 1 aliphatic carbocycles. The number of benzene rings is 1. The molecule has 0 aliphatic heterocycles. The van der Waals surface area contributed by atoms with E-state index in [4.69, 9.17) is 0 Å². The number of alkyl halides is 3. The maximum Gasteiger partial charge on any atom is 0.418 e. The molecule has 1 aromatic rings. The molecule has 3 nitrogen and oxygen atoms in total. The minimum Gasteiger partial charge on any atom is -0.318 e. The minimum absolute atomic E-state index is 0.0714. The Labute approximate surface area is 138 Å². The van der Waals surface area contributed by atoms with Gasteiger partial charge in [0.05, 0.1) is 11.3 Å². The maximum absolute atomic E-state index is 13.9. The van der Waals surface area contributed by atoms with Crippen molar-refractivity contribution in [2.75, 3.05) is 11.9 Å². The number of para-hydroxylation sites is 1. The molecule has 2 amide bonds. The van der Waals surface area contributed by atoms with Gasteiger partial charge in [-0.2, -0.15) is 13.2 Å². The molecule has 1 aliphatic rings. The van der Waals surface area contributed by atoms with Crippen molar-refractivity contribution in [2.24, 2.45) is 0 Å². The Bertz CT molecular complexity index is 595. The molecule has 1 N–H and O–H groups in total. The summed E-state index contributed by atoms with van der Waals surface area (Å²) in [4.78, 5) is 13.9. The van der Waals surface area contributed by atoms with Crippen LogP contribution in [0, 0.1) is 5.82 Å².